The summed E-state index contributed by atoms with van der Waals surface area (Å²) in [5, 5.41) is 2.72. The van der Waals surface area contributed by atoms with Crippen LogP contribution in [0.5, 0.6) is 0 Å². The maximum atomic E-state index is 14.2. The third-order valence-corrected chi connectivity index (χ3v) is 4.60. The van der Waals surface area contributed by atoms with Crippen LogP contribution in [0.25, 0.3) is 21.6 Å². The number of halogens is 1. The zero-order chi connectivity index (χ0) is 14.1. The van der Waals surface area contributed by atoms with Gasteiger partial charge in [-0.1, -0.05) is 13.0 Å². The molecule has 2 aromatic heterocycles. The molecule has 0 aliphatic heterocycles. The van der Waals surface area contributed by atoms with Gasteiger partial charge in [0.25, 0.3) is 0 Å². The normalized spacial score (nSPS) is 11.1. The fraction of sp³-hybridized carbons (Fsp3) is 0.143. The second kappa shape index (κ2) is 5.38. The Kier molecular flexibility index (Phi) is 3.58. The summed E-state index contributed by atoms with van der Waals surface area (Å²) >= 11 is 3.04. The van der Waals surface area contributed by atoms with Gasteiger partial charge in [-0.25, -0.2) is 14.4 Å². The smallest absolute Gasteiger partial charge is 0.167 e. The van der Waals surface area contributed by atoms with Crippen LogP contribution in [0.4, 0.5) is 10.2 Å². The van der Waals surface area contributed by atoms with Crippen molar-refractivity contribution < 1.29 is 4.39 Å². The highest BCUT2D eigenvalue weighted by molar-refractivity contribution is 7.99. The molecule has 3 rings (SSSR count). The molecule has 0 radical (unpaired) electrons. The van der Waals surface area contributed by atoms with Crippen molar-refractivity contribution in [3.8, 4) is 11.4 Å². The molecule has 0 fully saturated rings. The average Bonchev–Trinajstić information content (AvgIpc) is 2.88. The van der Waals surface area contributed by atoms with Crippen molar-refractivity contribution in [3.63, 3.8) is 0 Å². The monoisotopic (exact) mass is 305 g/mol. The van der Waals surface area contributed by atoms with Gasteiger partial charge >= 0.3 is 0 Å². The third kappa shape index (κ3) is 2.25. The Morgan fingerprint density at radius 1 is 1.30 bits per heavy atom. The van der Waals surface area contributed by atoms with Gasteiger partial charge in [0.05, 0.1) is 10.9 Å². The summed E-state index contributed by atoms with van der Waals surface area (Å²) in [6.45, 7) is 2.02. The summed E-state index contributed by atoms with van der Waals surface area (Å²) in [7, 11) is 0. The van der Waals surface area contributed by atoms with Gasteiger partial charge in [-0.05, 0) is 29.3 Å². The number of nitrogen functional groups attached to an aromatic ring is 1. The van der Waals surface area contributed by atoms with E-state index < -0.39 is 0 Å². The van der Waals surface area contributed by atoms with E-state index in [0.717, 1.165) is 20.9 Å². The van der Waals surface area contributed by atoms with Crippen molar-refractivity contribution in [2.24, 2.45) is 0 Å². The number of aromatic nitrogens is 2. The Bertz CT molecular complexity index is 770. The molecule has 2 N–H and O–H groups in total. The van der Waals surface area contributed by atoms with E-state index >= 15 is 0 Å². The van der Waals surface area contributed by atoms with Crippen LogP contribution in [0.1, 0.15) is 6.92 Å². The Morgan fingerprint density at radius 3 is 2.95 bits per heavy atom. The summed E-state index contributed by atoms with van der Waals surface area (Å²) in [6.07, 6.45) is 0. The van der Waals surface area contributed by atoms with Crippen LogP contribution in [0.15, 0.2) is 34.5 Å². The van der Waals surface area contributed by atoms with Crippen molar-refractivity contribution in [3.05, 3.63) is 35.5 Å². The van der Waals surface area contributed by atoms with E-state index in [0.29, 0.717) is 17.2 Å². The van der Waals surface area contributed by atoms with E-state index in [9.17, 15) is 4.39 Å². The lowest BCUT2D eigenvalue weighted by Gasteiger charge is -2.09. The Hall–Kier alpha value is -1.66. The highest BCUT2D eigenvalue weighted by atomic mass is 32.2. The van der Waals surface area contributed by atoms with E-state index in [1.54, 1.807) is 17.8 Å². The van der Waals surface area contributed by atoms with Crippen LogP contribution in [0.3, 0.4) is 0 Å². The fourth-order valence-electron chi connectivity index (χ4n) is 1.99. The number of benzene rings is 1. The maximum absolute atomic E-state index is 14.2. The van der Waals surface area contributed by atoms with E-state index in [1.165, 1.54) is 17.4 Å². The summed E-state index contributed by atoms with van der Waals surface area (Å²) in [5.41, 5.74) is 6.37. The van der Waals surface area contributed by atoms with Crippen molar-refractivity contribution in [2.45, 2.75) is 11.8 Å². The molecule has 0 unspecified atom stereocenters. The fourth-order valence-corrected chi connectivity index (χ4v) is 3.58. The standard InChI is InChI=1S/C14H12FN3S2/c1-2-19-10-5-3-4-9(15)11(10)13-17-12(16)8-6-7-20-14(8)18-13/h3-7H,2H2,1H3,(H2,16,17,18). The maximum Gasteiger partial charge on any atom is 0.167 e. The molecule has 6 heteroatoms. The van der Waals surface area contributed by atoms with Crippen molar-refractivity contribution >= 4 is 39.1 Å². The zero-order valence-corrected chi connectivity index (χ0v) is 12.4. The SMILES string of the molecule is CCSc1cccc(F)c1-c1nc(N)c2ccsc2n1. The zero-order valence-electron chi connectivity index (χ0n) is 10.8. The first kappa shape index (κ1) is 13.3. The molecule has 1 aromatic carbocycles. The molecule has 3 aromatic rings. The van der Waals surface area contributed by atoms with E-state index in [1.807, 2.05) is 24.4 Å². The van der Waals surface area contributed by atoms with Gasteiger partial charge in [0.1, 0.15) is 16.5 Å². The van der Waals surface area contributed by atoms with Crippen molar-refractivity contribution in [1.82, 2.24) is 9.97 Å². The molecule has 0 aliphatic carbocycles. The van der Waals surface area contributed by atoms with Gasteiger partial charge in [-0.3, -0.25) is 0 Å². The number of rotatable bonds is 3. The molecule has 2 heterocycles. The van der Waals surface area contributed by atoms with E-state index in [4.69, 9.17) is 5.73 Å². The molecule has 0 atom stereocenters. The lowest BCUT2D eigenvalue weighted by atomic mass is 10.2. The number of nitrogens with zero attached hydrogens (tertiary/aromatic N) is 2. The van der Waals surface area contributed by atoms with Gasteiger partial charge < -0.3 is 5.73 Å². The topological polar surface area (TPSA) is 51.8 Å². The summed E-state index contributed by atoms with van der Waals surface area (Å²) < 4.78 is 14.2. The number of thioether (sulfide) groups is 1. The number of nitrogens with two attached hydrogens (primary N) is 1. The minimum Gasteiger partial charge on any atom is -0.383 e. The predicted octanol–water partition coefficient (Wildman–Crippen LogP) is 4.19. The number of fused-ring (bicyclic) bond motifs is 1. The summed E-state index contributed by atoms with van der Waals surface area (Å²) in [5.74, 6) is 1.28. The molecule has 0 spiro atoms. The molecular formula is C14H12FN3S2. The first-order chi connectivity index (χ1) is 9.70. The van der Waals surface area contributed by atoms with Crippen LogP contribution in [0.2, 0.25) is 0 Å². The largest absolute Gasteiger partial charge is 0.383 e. The van der Waals surface area contributed by atoms with Crippen LogP contribution >= 0.6 is 23.1 Å². The number of hydrogen-bond acceptors (Lipinski definition) is 5. The van der Waals surface area contributed by atoms with Crippen LogP contribution in [-0.4, -0.2) is 15.7 Å². The average molecular weight is 305 g/mol. The molecule has 0 bridgehead atoms. The van der Waals surface area contributed by atoms with Crippen LogP contribution < -0.4 is 5.73 Å². The summed E-state index contributed by atoms with van der Waals surface area (Å²) in [6, 6.07) is 6.88. The van der Waals surface area contributed by atoms with Crippen molar-refractivity contribution in [1.29, 1.82) is 0 Å². The van der Waals surface area contributed by atoms with Gasteiger partial charge in [0.15, 0.2) is 5.82 Å². The van der Waals surface area contributed by atoms with Gasteiger partial charge in [0.2, 0.25) is 0 Å². The minimum absolute atomic E-state index is 0.321. The minimum atomic E-state index is -0.321. The number of thiophene rings is 1. The predicted molar refractivity (Wildman–Crippen MR) is 83.6 cm³/mol. The quantitative estimate of drug-likeness (QED) is 0.737. The molecule has 102 valence electrons. The Balaban J connectivity index is 2.24. The van der Waals surface area contributed by atoms with Crippen molar-refractivity contribution in [2.75, 3.05) is 11.5 Å². The number of anilines is 1. The molecule has 0 aliphatic rings. The lowest BCUT2D eigenvalue weighted by Crippen LogP contribution is -1.99. The molecular weight excluding hydrogens is 293 g/mol. The molecule has 0 saturated carbocycles. The molecule has 3 nitrogen and oxygen atoms in total. The second-order valence-corrected chi connectivity index (χ2v) is 6.32. The summed E-state index contributed by atoms with van der Waals surface area (Å²) in [4.78, 5) is 10.3. The first-order valence-corrected chi connectivity index (χ1v) is 7.99. The van der Waals surface area contributed by atoms with Crippen LogP contribution in [0, 0.1) is 5.82 Å². The lowest BCUT2D eigenvalue weighted by molar-refractivity contribution is 0.627. The molecule has 0 saturated heterocycles. The highest BCUT2D eigenvalue weighted by Crippen LogP contribution is 2.34. The highest BCUT2D eigenvalue weighted by Gasteiger charge is 2.16. The van der Waals surface area contributed by atoms with Gasteiger partial charge in [-0.2, -0.15) is 0 Å². The van der Waals surface area contributed by atoms with E-state index in [2.05, 4.69) is 9.97 Å². The van der Waals surface area contributed by atoms with Gasteiger partial charge in [-0.15, -0.1) is 23.1 Å². The first-order valence-electron chi connectivity index (χ1n) is 6.13. The van der Waals surface area contributed by atoms with Crippen LogP contribution in [-0.2, 0) is 0 Å². The molecule has 20 heavy (non-hydrogen) atoms. The number of hydrogen-bond donors (Lipinski definition) is 1. The Morgan fingerprint density at radius 2 is 2.15 bits per heavy atom. The molecule has 0 amide bonds. The van der Waals surface area contributed by atoms with E-state index in [-0.39, 0.29) is 5.82 Å². The second-order valence-electron chi connectivity index (χ2n) is 4.12. The van der Waals surface area contributed by atoms with Gasteiger partial charge in [0, 0.05) is 4.90 Å². The third-order valence-electron chi connectivity index (χ3n) is 2.85. The Labute approximate surface area is 124 Å².